The van der Waals surface area contributed by atoms with E-state index in [-0.39, 0.29) is 6.61 Å². The van der Waals surface area contributed by atoms with E-state index in [1.54, 1.807) is 12.5 Å². The van der Waals surface area contributed by atoms with Crippen molar-refractivity contribution in [2.75, 3.05) is 13.7 Å². The first-order valence-corrected chi connectivity index (χ1v) is 7.05. The normalized spacial score (nSPS) is 10.3. The highest BCUT2D eigenvalue weighted by Gasteiger charge is 2.12. The fourth-order valence-corrected chi connectivity index (χ4v) is 2.37. The van der Waals surface area contributed by atoms with Gasteiger partial charge in [-0.05, 0) is 24.2 Å². The Morgan fingerprint density at radius 3 is 2.75 bits per heavy atom. The van der Waals surface area contributed by atoms with E-state index in [2.05, 4.69) is 4.98 Å². The van der Waals surface area contributed by atoms with Gasteiger partial charge < -0.3 is 15.2 Å². The van der Waals surface area contributed by atoms with Crippen molar-refractivity contribution in [3.05, 3.63) is 45.9 Å². The molecule has 2 N–H and O–H groups in total. The topological polar surface area (TPSA) is 74.4 Å². The van der Waals surface area contributed by atoms with E-state index in [4.69, 9.17) is 15.2 Å². The maximum atomic E-state index is 11.8. The highest BCUT2D eigenvalue weighted by Crippen LogP contribution is 2.14. The summed E-state index contributed by atoms with van der Waals surface area (Å²) in [6.45, 7) is 0.737. The number of benzene rings is 1. The second-order valence-electron chi connectivity index (χ2n) is 4.09. The number of hydrogen-bond acceptors (Lipinski definition) is 6. The summed E-state index contributed by atoms with van der Waals surface area (Å²) in [5.74, 6) is 0.353. The molecule has 0 aliphatic heterocycles. The van der Waals surface area contributed by atoms with Gasteiger partial charge in [0.15, 0.2) is 5.69 Å². The number of rotatable bonds is 6. The zero-order valence-corrected chi connectivity index (χ0v) is 12.0. The number of hydrogen-bond donors (Lipinski definition) is 1. The largest absolute Gasteiger partial charge is 0.497 e. The van der Waals surface area contributed by atoms with Gasteiger partial charge in [-0.1, -0.05) is 12.1 Å². The Hall–Kier alpha value is -1.92. The van der Waals surface area contributed by atoms with Crippen LogP contribution >= 0.6 is 11.3 Å². The number of nitrogens with zero attached hydrogens (tertiary/aromatic N) is 1. The summed E-state index contributed by atoms with van der Waals surface area (Å²) in [5, 5.41) is 2.55. The molecule has 0 amide bonds. The summed E-state index contributed by atoms with van der Waals surface area (Å²) in [7, 11) is 1.61. The minimum atomic E-state index is -0.416. The monoisotopic (exact) mass is 292 g/mol. The summed E-state index contributed by atoms with van der Waals surface area (Å²) >= 11 is 1.42. The van der Waals surface area contributed by atoms with E-state index in [1.165, 1.54) is 11.3 Å². The van der Waals surface area contributed by atoms with Gasteiger partial charge in [-0.15, -0.1) is 11.3 Å². The number of nitrogens with two attached hydrogens (primary N) is 1. The Morgan fingerprint density at radius 1 is 1.35 bits per heavy atom. The first-order valence-electron chi connectivity index (χ1n) is 6.17. The van der Waals surface area contributed by atoms with E-state index in [0.29, 0.717) is 18.7 Å². The third-order valence-corrected chi connectivity index (χ3v) is 3.56. The Kier molecular flexibility index (Phi) is 5.09. The van der Waals surface area contributed by atoms with Gasteiger partial charge in [0.05, 0.1) is 12.1 Å². The van der Waals surface area contributed by atoms with Crippen LogP contribution in [0.1, 0.15) is 21.1 Å². The molecule has 106 valence electrons. The van der Waals surface area contributed by atoms with Crippen molar-refractivity contribution >= 4 is 17.3 Å². The number of esters is 1. The maximum Gasteiger partial charge on any atom is 0.358 e. The molecule has 5 nitrogen and oxygen atoms in total. The molecule has 1 aromatic heterocycles. The lowest BCUT2D eigenvalue weighted by Crippen LogP contribution is -2.07. The SMILES string of the molecule is COc1ccc(COC(=O)c2csc(CCN)n2)cc1. The molecule has 0 aliphatic rings. The molecule has 0 radical (unpaired) electrons. The number of thiazole rings is 1. The Bertz CT molecular complexity index is 566. The van der Waals surface area contributed by atoms with Crippen LogP contribution in [-0.2, 0) is 17.8 Å². The van der Waals surface area contributed by atoms with Crippen molar-refractivity contribution in [2.24, 2.45) is 5.73 Å². The van der Waals surface area contributed by atoms with Crippen LogP contribution in [0.15, 0.2) is 29.6 Å². The molecular formula is C14H16N2O3S. The number of aromatic nitrogens is 1. The predicted octanol–water partition coefficient (Wildman–Crippen LogP) is 2.01. The molecule has 2 aromatic rings. The first-order chi connectivity index (χ1) is 9.72. The van der Waals surface area contributed by atoms with Crippen LogP contribution in [0, 0.1) is 0 Å². The molecule has 0 unspecified atom stereocenters. The van der Waals surface area contributed by atoms with Crippen LogP contribution in [0.4, 0.5) is 0 Å². The van der Waals surface area contributed by atoms with E-state index in [1.807, 2.05) is 24.3 Å². The van der Waals surface area contributed by atoms with Gasteiger partial charge in [-0.2, -0.15) is 0 Å². The molecule has 0 fully saturated rings. The van der Waals surface area contributed by atoms with Gasteiger partial charge >= 0.3 is 5.97 Å². The van der Waals surface area contributed by atoms with E-state index < -0.39 is 5.97 Å². The number of carbonyl (C=O) groups is 1. The molecule has 20 heavy (non-hydrogen) atoms. The average Bonchev–Trinajstić information content (AvgIpc) is 2.94. The number of ether oxygens (including phenoxy) is 2. The van der Waals surface area contributed by atoms with Crippen LogP contribution < -0.4 is 10.5 Å². The van der Waals surface area contributed by atoms with Gasteiger partial charge in [-0.3, -0.25) is 0 Å². The van der Waals surface area contributed by atoms with Gasteiger partial charge in [0, 0.05) is 11.8 Å². The average molecular weight is 292 g/mol. The summed E-state index contributed by atoms with van der Waals surface area (Å²) in [6, 6.07) is 7.36. The van der Waals surface area contributed by atoms with Gasteiger partial charge in [0.1, 0.15) is 12.4 Å². The fraction of sp³-hybridized carbons (Fsp3) is 0.286. The Morgan fingerprint density at radius 2 is 2.10 bits per heavy atom. The summed E-state index contributed by atoms with van der Waals surface area (Å²) in [6.07, 6.45) is 0.677. The fourth-order valence-electron chi connectivity index (χ4n) is 1.59. The lowest BCUT2D eigenvalue weighted by Gasteiger charge is -2.04. The Labute approximate surface area is 121 Å². The molecule has 0 spiro atoms. The summed E-state index contributed by atoms with van der Waals surface area (Å²) < 4.78 is 10.3. The molecule has 2 rings (SSSR count). The van der Waals surface area contributed by atoms with Crippen molar-refractivity contribution < 1.29 is 14.3 Å². The molecule has 1 aromatic carbocycles. The zero-order valence-electron chi connectivity index (χ0n) is 11.2. The zero-order chi connectivity index (χ0) is 14.4. The minimum Gasteiger partial charge on any atom is -0.497 e. The predicted molar refractivity (Wildman–Crippen MR) is 77.0 cm³/mol. The van der Waals surface area contributed by atoms with E-state index >= 15 is 0 Å². The van der Waals surface area contributed by atoms with E-state index in [9.17, 15) is 4.79 Å². The quantitative estimate of drug-likeness (QED) is 0.824. The van der Waals surface area contributed by atoms with Crippen LogP contribution in [0.3, 0.4) is 0 Å². The Balaban J connectivity index is 1.90. The van der Waals surface area contributed by atoms with Crippen molar-refractivity contribution in [3.63, 3.8) is 0 Å². The van der Waals surface area contributed by atoms with E-state index in [0.717, 1.165) is 16.3 Å². The third kappa shape index (κ3) is 3.79. The molecule has 6 heteroatoms. The second kappa shape index (κ2) is 7.02. The highest BCUT2D eigenvalue weighted by atomic mass is 32.1. The van der Waals surface area contributed by atoms with Crippen molar-refractivity contribution in [3.8, 4) is 5.75 Å². The summed E-state index contributed by atoms with van der Waals surface area (Å²) in [4.78, 5) is 16.0. The molecule has 0 atom stereocenters. The molecular weight excluding hydrogens is 276 g/mol. The molecule has 0 saturated heterocycles. The van der Waals surface area contributed by atoms with Gasteiger partial charge in [0.25, 0.3) is 0 Å². The van der Waals surface area contributed by atoms with Crippen LogP contribution in [0.2, 0.25) is 0 Å². The lowest BCUT2D eigenvalue weighted by molar-refractivity contribution is 0.0466. The number of methoxy groups -OCH3 is 1. The molecule has 1 heterocycles. The second-order valence-corrected chi connectivity index (χ2v) is 5.03. The van der Waals surface area contributed by atoms with Crippen molar-refractivity contribution in [1.29, 1.82) is 0 Å². The maximum absolute atomic E-state index is 11.8. The highest BCUT2D eigenvalue weighted by molar-refractivity contribution is 7.09. The lowest BCUT2D eigenvalue weighted by atomic mass is 10.2. The van der Waals surface area contributed by atoms with Crippen molar-refractivity contribution in [2.45, 2.75) is 13.0 Å². The number of carbonyl (C=O) groups excluding carboxylic acids is 1. The third-order valence-electron chi connectivity index (χ3n) is 2.65. The first kappa shape index (κ1) is 14.5. The van der Waals surface area contributed by atoms with Gasteiger partial charge in [-0.25, -0.2) is 9.78 Å². The van der Waals surface area contributed by atoms with Gasteiger partial charge in [0.2, 0.25) is 0 Å². The summed E-state index contributed by atoms with van der Waals surface area (Å²) in [5.41, 5.74) is 6.68. The van der Waals surface area contributed by atoms with Crippen molar-refractivity contribution in [1.82, 2.24) is 4.98 Å². The van der Waals surface area contributed by atoms with Crippen LogP contribution in [0.25, 0.3) is 0 Å². The molecule has 0 aliphatic carbocycles. The molecule has 0 bridgehead atoms. The smallest absolute Gasteiger partial charge is 0.358 e. The van der Waals surface area contributed by atoms with Crippen LogP contribution in [0.5, 0.6) is 5.75 Å². The standard InChI is InChI=1S/C14H16N2O3S/c1-18-11-4-2-10(3-5-11)8-19-14(17)12-9-20-13(16-12)6-7-15/h2-5,9H,6-8,15H2,1H3. The molecule has 0 saturated carbocycles. The van der Waals surface area contributed by atoms with Crippen LogP contribution in [-0.4, -0.2) is 24.6 Å². The minimum absolute atomic E-state index is 0.215.